The van der Waals surface area contributed by atoms with Crippen molar-refractivity contribution < 1.29 is 19.5 Å². The highest BCUT2D eigenvalue weighted by Gasteiger charge is 2.24. The van der Waals surface area contributed by atoms with E-state index in [-0.39, 0.29) is 12.4 Å². The van der Waals surface area contributed by atoms with Gasteiger partial charge in [0, 0.05) is 0 Å². The first-order valence-corrected chi connectivity index (χ1v) is 6.05. The zero-order valence-electron chi connectivity index (χ0n) is 12.5. The fourth-order valence-electron chi connectivity index (χ4n) is 1.05. The Labute approximate surface area is 114 Å². The Bertz CT molecular complexity index is 329. The van der Waals surface area contributed by atoms with Gasteiger partial charge in [-0.25, -0.2) is 4.79 Å². The number of amidine groups is 1. The number of carbonyl (C=O) groups excluding carboxylic acids is 1. The molecule has 1 unspecified atom stereocenters. The van der Waals surface area contributed by atoms with Crippen LogP contribution in [0.4, 0.5) is 4.79 Å². The second-order valence-corrected chi connectivity index (χ2v) is 6.15. The average Bonchev–Trinajstić information content (AvgIpc) is 2.19. The van der Waals surface area contributed by atoms with Crippen molar-refractivity contribution in [3.8, 4) is 0 Å². The maximum absolute atomic E-state index is 11.6. The van der Waals surface area contributed by atoms with Crippen LogP contribution >= 0.6 is 0 Å². The standard InChI is InChI=1S/C12H25N3O4/c1-11(2,3)18-7-8(9(13)15-17)14-10(16)19-12(4,5)6/h8,17H,7H2,1-6H3,(H2,13,15)(H,14,16). The third kappa shape index (κ3) is 9.12. The number of amides is 1. The number of rotatable bonds is 4. The van der Waals surface area contributed by atoms with Gasteiger partial charge in [0.05, 0.1) is 12.2 Å². The summed E-state index contributed by atoms with van der Waals surface area (Å²) in [4.78, 5) is 11.6. The van der Waals surface area contributed by atoms with Crippen LogP contribution in [-0.4, -0.2) is 41.0 Å². The molecule has 0 heterocycles. The molecule has 1 amide bonds. The van der Waals surface area contributed by atoms with Crippen LogP contribution in [0.2, 0.25) is 0 Å². The van der Waals surface area contributed by atoms with Crippen molar-refractivity contribution in [2.45, 2.75) is 58.8 Å². The van der Waals surface area contributed by atoms with Crippen molar-refractivity contribution in [1.29, 1.82) is 0 Å². The zero-order valence-corrected chi connectivity index (χ0v) is 12.5. The first kappa shape index (κ1) is 17.5. The molecule has 0 aromatic heterocycles. The Hall–Kier alpha value is -1.50. The molecule has 0 aromatic carbocycles. The molecule has 0 spiro atoms. The van der Waals surface area contributed by atoms with Gasteiger partial charge in [0.2, 0.25) is 0 Å². The van der Waals surface area contributed by atoms with E-state index in [1.54, 1.807) is 20.8 Å². The van der Waals surface area contributed by atoms with Gasteiger partial charge in [-0.2, -0.15) is 0 Å². The molecular formula is C12H25N3O4. The molecular weight excluding hydrogens is 250 g/mol. The first-order chi connectivity index (χ1) is 8.44. The third-order valence-corrected chi connectivity index (χ3v) is 1.85. The molecule has 0 aliphatic heterocycles. The topological polar surface area (TPSA) is 106 Å². The summed E-state index contributed by atoms with van der Waals surface area (Å²) < 4.78 is 10.6. The van der Waals surface area contributed by atoms with Crippen LogP contribution in [0.1, 0.15) is 41.5 Å². The predicted octanol–water partition coefficient (Wildman–Crippen LogP) is 1.44. The summed E-state index contributed by atoms with van der Waals surface area (Å²) in [5.41, 5.74) is 4.49. The van der Waals surface area contributed by atoms with Crippen LogP contribution < -0.4 is 11.1 Å². The van der Waals surface area contributed by atoms with Crippen molar-refractivity contribution in [3.05, 3.63) is 0 Å². The molecule has 1 atom stereocenters. The van der Waals surface area contributed by atoms with Gasteiger partial charge in [0.15, 0.2) is 5.84 Å². The summed E-state index contributed by atoms with van der Waals surface area (Å²) in [5, 5.41) is 14.1. The fourth-order valence-corrected chi connectivity index (χ4v) is 1.05. The van der Waals surface area contributed by atoms with Gasteiger partial charge in [-0.1, -0.05) is 5.16 Å². The Morgan fingerprint density at radius 2 is 1.79 bits per heavy atom. The molecule has 112 valence electrons. The van der Waals surface area contributed by atoms with E-state index in [9.17, 15) is 4.79 Å². The first-order valence-electron chi connectivity index (χ1n) is 6.05. The van der Waals surface area contributed by atoms with E-state index in [1.807, 2.05) is 20.8 Å². The number of nitrogens with zero attached hydrogens (tertiary/aromatic N) is 1. The number of nitrogens with two attached hydrogens (primary N) is 1. The minimum atomic E-state index is -0.751. The lowest BCUT2D eigenvalue weighted by Gasteiger charge is -2.26. The van der Waals surface area contributed by atoms with Gasteiger partial charge >= 0.3 is 6.09 Å². The molecule has 0 saturated heterocycles. The molecule has 4 N–H and O–H groups in total. The van der Waals surface area contributed by atoms with Gasteiger partial charge in [-0.15, -0.1) is 0 Å². The maximum Gasteiger partial charge on any atom is 0.408 e. The highest BCUT2D eigenvalue weighted by Crippen LogP contribution is 2.09. The van der Waals surface area contributed by atoms with E-state index in [2.05, 4.69) is 10.5 Å². The predicted molar refractivity (Wildman–Crippen MR) is 72.3 cm³/mol. The number of ether oxygens (including phenoxy) is 2. The van der Waals surface area contributed by atoms with Gasteiger partial charge in [-0.3, -0.25) is 0 Å². The van der Waals surface area contributed by atoms with Crippen LogP contribution in [0.5, 0.6) is 0 Å². The quantitative estimate of drug-likeness (QED) is 0.311. The van der Waals surface area contributed by atoms with Crippen molar-refractivity contribution in [3.63, 3.8) is 0 Å². The highest BCUT2D eigenvalue weighted by atomic mass is 16.6. The molecule has 0 aromatic rings. The SMILES string of the molecule is CC(C)(C)OCC(NC(=O)OC(C)(C)C)/C(N)=N/O. The lowest BCUT2D eigenvalue weighted by Crippen LogP contribution is -2.50. The minimum Gasteiger partial charge on any atom is -0.444 e. The van der Waals surface area contributed by atoms with Gasteiger partial charge in [-0.05, 0) is 41.5 Å². The number of alkyl carbamates (subject to hydrolysis) is 1. The van der Waals surface area contributed by atoms with E-state index >= 15 is 0 Å². The number of nitrogens with one attached hydrogen (secondary N) is 1. The van der Waals surface area contributed by atoms with E-state index in [0.717, 1.165) is 0 Å². The van der Waals surface area contributed by atoms with Crippen LogP contribution in [0.3, 0.4) is 0 Å². The molecule has 0 fully saturated rings. The van der Waals surface area contributed by atoms with Gasteiger partial charge in [0.1, 0.15) is 11.6 Å². The number of carbonyl (C=O) groups is 1. The summed E-state index contributed by atoms with van der Waals surface area (Å²) in [7, 11) is 0. The van der Waals surface area contributed by atoms with Crippen molar-refractivity contribution in [1.82, 2.24) is 5.32 Å². The van der Waals surface area contributed by atoms with Crippen molar-refractivity contribution in [2.24, 2.45) is 10.9 Å². The average molecular weight is 275 g/mol. The fraction of sp³-hybridized carbons (Fsp3) is 0.833. The Morgan fingerprint density at radius 1 is 1.26 bits per heavy atom. The number of hydrogen-bond donors (Lipinski definition) is 3. The van der Waals surface area contributed by atoms with Crippen LogP contribution in [0.15, 0.2) is 5.16 Å². The smallest absolute Gasteiger partial charge is 0.408 e. The van der Waals surface area contributed by atoms with Crippen LogP contribution in [-0.2, 0) is 9.47 Å². The Kier molecular flexibility index (Phi) is 6.08. The van der Waals surface area contributed by atoms with E-state index in [1.165, 1.54) is 0 Å². The number of hydrogen-bond acceptors (Lipinski definition) is 5. The van der Waals surface area contributed by atoms with E-state index in [4.69, 9.17) is 20.4 Å². The normalized spacial score (nSPS) is 14.9. The second-order valence-electron chi connectivity index (χ2n) is 6.15. The molecule has 0 rings (SSSR count). The molecule has 19 heavy (non-hydrogen) atoms. The molecule has 7 heteroatoms. The Morgan fingerprint density at radius 3 is 2.16 bits per heavy atom. The second kappa shape index (κ2) is 6.60. The summed E-state index contributed by atoms with van der Waals surface area (Å²) >= 11 is 0. The summed E-state index contributed by atoms with van der Waals surface area (Å²) in [6, 6.07) is -0.751. The van der Waals surface area contributed by atoms with Crippen molar-refractivity contribution in [2.75, 3.05) is 6.61 Å². The minimum absolute atomic E-state index is 0.0820. The molecule has 0 radical (unpaired) electrons. The molecule has 0 bridgehead atoms. The lowest BCUT2D eigenvalue weighted by atomic mass is 10.2. The monoisotopic (exact) mass is 275 g/mol. The summed E-state index contributed by atoms with van der Waals surface area (Å²) in [5.74, 6) is -0.143. The largest absolute Gasteiger partial charge is 0.444 e. The molecule has 7 nitrogen and oxygen atoms in total. The van der Waals surface area contributed by atoms with Gasteiger partial charge < -0.3 is 25.7 Å². The summed E-state index contributed by atoms with van der Waals surface area (Å²) in [6.07, 6.45) is -0.651. The highest BCUT2D eigenvalue weighted by molar-refractivity contribution is 5.88. The number of oxime groups is 1. The van der Waals surface area contributed by atoms with Crippen LogP contribution in [0, 0.1) is 0 Å². The zero-order chi connectivity index (χ0) is 15.3. The summed E-state index contributed by atoms with van der Waals surface area (Å²) in [6.45, 7) is 10.9. The van der Waals surface area contributed by atoms with Gasteiger partial charge in [0.25, 0.3) is 0 Å². The van der Waals surface area contributed by atoms with E-state index in [0.29, 0.717) is 0 Å². The lowest BCUT2D eigenvalue weighted by molar-refractivity contribution is -0.00976. The molecule has 0 saturated carbocycles. The van der Waals surface area contributed by atoms with Crippen LogP contribution in [0.25, 0.3) is 0 Å². The maximum atomic E-state index is 11.6. The Balaban J connectivity index is 4.57. The third-order valence-electron chi connectivity index (χ3n) is 1.85. The molecule has 0 aliphatic rings. The van der Waals surface area contributed by atoms with E-state index < -0.39 is 23.3 Å². The molecule has 0 aliphatic carbocycles. The van der Waals surface area contributed by atoms with Crippen molar-refractivity contribution >= 4 is 11.9 Å².